The van der Waals surface area contributed by atoms with Gasteiger partial charge in [-0.2, -0.15) is 0 Å². The van der Waals surface area contributed by atoms with Crippen LogP contribution in [0, 0.1) is 0 Å². The van der Waals surface area contributed by atoms with Crippen molar-refractivity contribution in [3.8, 4) is 11.5 Å². The second kappa shape index (κ2) is 6.68. The zero-order valence-corrected chi connectivity index (χ0v) is 15.0. The van der Waals surface area contributed by atoms with Crippen molar-refractivity contribution in [1.29, 1.82) is 0 Å². The van der Waals surface area contributed by atoms with Gasteiger partial charge in [-0.3, -0.25) is 20.4 Å². The molecule has 2 amide bonds. The lowest BCUT2D eigenvalue weighted by atomic mass is 9.87. The van der Waals surface area contributed by atoms with E-state index in [1.807, 2.05) is 48.5 Å². The van der Waals surface area contributed by atoms with Crippen LogP contribution in [0.3, 0.4) is 0 Å². The number of hydrogen-bond donors (Lipinski definition) is 3. The zero-order chi connectivity index (χ0) is 18.1. The first-order valence-corrected chi connectivity index (χ1v) is 8.72. The number of rotatable bonds is 2. The number of amides is 2. The van der Waals surface area contributed by atoms with E-state index in [1.165, 1.54) is 0 Å². The van der Waals surface area contributed by atoms with Crippen molar-refractivity contribution in [2.45, 2.75) is 5.92 Å². The lowest BCUT2D eigenvalue weighted by Gasteiger charge is -2.27. The van der Waals surface area contributed by atoms with Gasteiger partial charge in [0.1, 0.15) is 17.2 Å². The molecule has 7 heteroatoms. The average Bonchev–Trinajstić information content (AvgIpc) is 3.10. The number of aromatic nitrogens is 1. The Labute approximate surface area is 157 Å². The number of fused-ring (bicyclic) bond motifs is 2. The van der Waals surface area contributed by atoms with Crippen LogP contribution >= 0.6 is 15.9 Å². The molecule has 0 bridgehead atoms. The number of ether oxygens (including phenoxy) is 1. The number of hydrogen-bond acceptors (Lipinski definition) is 3. The maximum atomic E-state index is 12.9. The largest absolute Gasteiger partial charge is 0.457 e. The molecular weight excluding hydrogens is 398 g/mol. The third-order valence-electron chi connectivity index (χ3n) is 4.13. The lowest BCUT2D eigenvalue weighted by Crippen LogP contribution is -2.44. The van der Waals surface area contributed by atoms with Gasteiger partial charge in [0.2, 0.25) is 0 Å². The van der Waals surface area contributed by atoms with Crippen molar-refractivity contribution in [3.63, 3.8) is 0 Å². The molecule has 0 unspecified atom stereocenters. The maximum absolute atomic E-state index is 12.9. The standard InChI is InChI=1S/C19H14BrN3O3/c20-11-9-14(21-10-11)18(24)22-23-19(25)17-12-5-1-3-7-15(12)26-16-8-4-2-6-13(16)17/h1-10,17,21H,(H,22,24)(H,23,25). The van der Waals surface area contributed by atoms with Crippen LogP contribution in [0.5, 0.6) is 11.5 Å². The third-order valence-corrected chi connectivity index (χ3v) is 4.59. The van der Waals surface area contributed by atoms with Crippen LogP contribution in [-0.4, -0.2) is 16.8 Å². The van der Waals surface area contributed by atoms with E-state index < -0.39 is 11.8 Å². The fourth-order valence-corrected chi connectivity index (χ4v) is 3.29. The van der Waals surface area contributed by atoms with Gasteiger partial charge in [-0.1, -0.05) is 36.4 Å². The van der Waals surface area contributed by atoms with Crippen molar-refractivity contribution in [2.75, 3.05) is 0 Å². The molecule has 0 radical (unpaired) electrons. The molecule has 1 aromatic heterocycles. The van der Waals surface area contributed by atoms with Crippen LogP contribution in [-0.2, 0) is 4.79 Å². The molecule has 0 spiro atoms. The van der Waals surface area contributed by atoms with E-state index in [2.05, 4.69) is 31.8 Å². The molecule has 0 atom stereocenters. The molecule has 0 fully saturated rings. The van der Waals surface area contributed by atoms with Gasteiger partial charge in [0.15, 0.2) is 0 Å². The van der Waals surface area contributed by atoms with Crippen LogP contribution < -0.4 is 15.6 Å². The minimum absolute atomic E-state index is 0.338. The Hall–Kier alpha value is -3.06. The summed E-state index contributed by atoms with van der Waals surface area (Å²) in [6, 6.07) is 16.4. The first-order valence-electron chi connectivity index (χ1n) is 7.93. The second-order valence-electron chi connectivity index (χ2n) is 5.79. The number of carbonyl (C=O) groups is 2. The summed E-state index contributed by atoms with van der Waals surface area (Å²) in [6.07, 6.45) is 1.64. The SMILES string of the molecule is O=C(NNC(=O)C1c2ccccc2Oc2ccccc21)c1cc(Br)c[nH]1. The highest BCUT2D eigenvalue weighted by Gasteiger charge is 2.32. The first kappa shape index (κ1) is 16.4. The Bertz CT molecular complexity index is 953. The molecule has 2 heterocycles. The Morgan fingerprint density at radius 1 is 0.962 bits per heavy atom. The fourth-order valence-electron chi connectivity index (χ4n) is 2.95. The van der Waals surface area contributed by atoms with Gasteiger partial charge in [-0.25, -0.2) is 0 Å². The molecule has 0 saturated carbocycles. The average molecular weight is 412 g/mol. The number of benzene rings is 2. The summed E-state index contributed by atoms with van der Waals surface area (Å²) in [5, 5.41) is 0. The number of carbonyl (C=O) groups excluding carboxylic acids is 2. The van der Waals surface area contributed by atoms with E-state index in [4.69, 9.17) is 4.74 Å². The summed E-state index contributed by atoms with van der Waals surface area (Å²) in [7, 11) is 0. The molecule has 3 aromatic rings. The van der Waals surface area contributed by atoms with E-state index >= 15 is 0 Å². The lowest BCUT2D eigenvalue weighted by molar-refractivity contribution is -0.122. The predicted octanol–water partition coefficient (Wildman–Crippen LogP) is 3.48. The number of nitrogens with one attached hydrogen (secondary N) is 3. The fraction of sp³-hybridized carbons (Fsp3) is 0.0526. The molecule has 130 valence electrons. The summed E-state index contributed by atoms with van der Waals surface area (Å²) in [4.78, 5) is 27.8. The first-order chi connectivity index (χ1) is 12.6. The molecule has 0 saturated heterocycles. The van der Waals surface area contributed by atoms with E-state index in [-0.39, 0.29) is 5.91 Å². The minimum Gasteiger partial charge on any atom is -0.457 e. The molecule has 2 aromatic carbocycles. The summed E-state index contributed by atoms with van der Waals surface area (Å²) in [6.45, 7) is 0. The molecular formula is C19H14BrN3O3. The maximum Gasteiger partial charge on any atom is 0.286 e. The normalized spacial score (nSPS) is 12.5. The van der Waals surface area contributed by atoms with E-state index in [1.54, 1.807) is 12.3 Å². The van der Waals surface area contributed by atoms with Crippen molar-refractivity contribution in [1.82, 2.24) is 15.8 Å². The van der Waals surface area contributed by atoms with Crippen molar-refractivity contribution >= 4 is 27.7 Å². The Morgan fingerprint density at radius 3 is 2.15 bits per heavy atom. The summed E-state index contributed by atoms with van der Waals surface area (Å²) in [5.41, 5.74) is 6.79. The van der Waals surface area contributed by atoms with E-state index in [9.17, 15) is 9.59 Å². The van der Waals surface area contributed by atoms with E-state index in [0.29, 0.717) is 17.2 Å². The van der Waals surface area contributed by atoms with Gasteiger partial charge in [0.05, 0.1) is 5.92 Å². The van der Waals surface area contributed by atoms with Gasteiger partial charge in [-0.15, -0.1) is 0 Å². The smallest absolute Gasteiger partial charge is 0.286 e. The minimum atomic E-state index is -0.577. The van der Waals surface area contributed by atoms with Crippen molar-refractivity contribution < 1.29 is 14.3 Å². The van der Waals surface area contributed by atoms with Gasteiger partial charge < -0.3 is 9.72 Å². The van der Waals surface area contributed by atoms with E-state index in [0.717, 1.165) is 15.6 Å². The van der Waals surface area contributed by atoms with Crippen LogP contribution in [0.15, 0.2) is 65.3 Å². The van der Waals surface area contributed by atoms with Gasteiger partial charge in [-0.05, 0) is 34.1 Å². The number of hydrazine groups is 1. The van der Waals surface area contributed by atoms with Crippen molar-refractivity contribution in [2.24, 2.45) is 0 Å². The van der Waals surface area contributed by atoms with Crippen LogP contribution in [0.4, 0.5) is 0 Å². The third kappa shape index (κ3) is 2.97. The highest BCUT2D eigenvalue weighted by atomic mass is 79.9. The Balaban J connectivity index is 1.58. The molecule has 1 aliphatic heterocycles. The topological polar surface area (TPSA) is 83.2 Å². The number of halogens is 1. The molecule has 0 aliphatic carbocycles. The summed E-state index contributed by atoms with van der Waals surface area (Å²) >= 11 is 3.27. The summed E-state index contributed by atoms with van der Waals surface area (Å²) < 4.78 is 6.63. The number of aromatic amines is 1. The number of para-hydroxylation sites is 2. The predicted molar refractivity (Wildman–Crippen MR) is 98.9 cm³/mol. The van der Waals surface area contributed by atoms with Gasteiger partial charge >= 0.3 is 0 Å². The zero-order valence-electron chi connectivity index (χ0n) is 13.5. The molecule has 6 nitrogen and oxygen atoms in total. The van der Waals surface area contributed by atoms with Crippen LogP contribution in [0.1, 0.15) is 27.5 Å². The Kier molecular flexibility index (Phi) is 4.22. The highest BCUT2D eigenvalue weighted by molar-refractivity contribution is 9.10. The number of H-pyrrole nitrogens is 1. The van der Waals surface area contributed by atoms with Crippen molar-refractivity contribution in [3.05, 3.63) is 82.1 Å². The quantitative estimate of drug-likeness (QED) is 0.564. The monoisotopic (exact) mass is 411 g/mol. The molecule has 26 heavy (non-hydrogen) atoms. The Morgan fingerprint density at radius 2 is 1.58 bits per heavy atom. The van der Waals surface area contributed by atoms with Crippen LogP contribution in [0.25, 0.3) is 0 Å². The molecule has 1 aliphatic rings. The highest BCUT2D eigenvalue weighted by Crippen LogP contribution is 2.43. The van der Waals surface area contributed by atoms with Gasteiger partial charge in [0.25, 0.3) is 11.8 Å². The van der Waals surface area contributed by atoms with Crippen LogP contribution in [0.2, 0.25) is 0 Å². The van der Waals surface area contributed by atoms with Gasteiger partial charge in [0, 0.05) is 21.8 Å². The molecule has 4 rings (SSSR count). The summed E-state index contributed by atoms with van der Waals surface area (Å²) in [5.74, 6) is -0.0892. The molecule has 3 N–H and O–H groups in total. The second-order valence-corrected chi connectivity index (χ2v) is 6.70.